The standard InChI is InChI=1S/C17H21NO3/c19-16(18-13-9-8-12(10-13)17(20)21)15-7-3-5-11-4-1-2-6-14(11)15/h1-2,4,6,12-13,15H,3,5,7-10H2,(H,18,19)(H,20,21)/t12-,13+,15?/m0/s1. The molecule has 0 spiro atoms. The third-order valence-electron chi connectivity index (χ3n) is 4.81. The minimum Gasteiger partial charge on any atom is -0.481 e. The maximum absolute atomic E-state index is 12.5. The highest BCUT2D eigenvalue weighted by Gasteiger charge is 2.33. The van der Waals surface area contributed by atoms with Crippen LogP contribution in [0.4, 0.5) is 0 Å². The van der Waals surface area contributed by atoms with Crippen molar-refractivity contribution >= 4 is 11.9 Å². The molecule has 1 aromatic rings. The number of rotatable bonds is 3. The quantitative estimate of drug-likeness (QED) is 0.897. The molecule has 2 aliphatic carbocycles. The molecule has 1 amide bonds. The van der Waals surface area contributed by atoms with Crippen LogP contribution in [0.2, 0.25) is 0 Å². The topological polar surface area (TPSA) is 66.4 Å². The Labute approximate surface area is 124 Å². The van der Waals surface area contributed by atoms with E-state index in [4.69, 9.17) is 5.11 Å². The summed E-state index contributed by atoms with van der Waals surface area (Å²) in [6.07, 6.45) is 4.98. The summed E-state index contributed by atoms with van der Waals surface area (Å²) in [5.74, 6) is -1.04. The van der Waals surface area contributed by atoms with Crippen LogP contribution in [0.15, 0.2) is 24.3 Å². The predicted octanol–water partition coefficient (Wildman–Crippen LogP) is 2.48. The summed E-state index contributed by atoms with van der Waals surface area (Å²) in [6, 6.07) is 8.18. The second-order valence-electron chi connectivity index (χ2n) is 6.20. The molecular weight excluding hydrogens is 266 g/mol. The Morgan fingerprint density at radius 3 is 2.71 bits per heavy atom. The van der Waals surface area contributed by atoms with Gasteiger partial charge < -0.3 is 10.4 Å². The molecule has 0 aliphatic heterocycles. The Hall–Kier alpha value is -1.84. The minimum absolute atomic E-state index is 0.0210. The third kappa shape index (κ3) is 2.94. The van der Waals surface area contributed by atoms with E-state index in [0.29, 0.717) is 12.8 Å². The molecule has 0 saturated heterocycles. The summed E-state index contributed by atoms with van der Waals surface area (Å²) in [4.78, 5) is 23.5. The monoisotopic (exact) mass is 287 g/mol. The summed E-state index contributed by atoms with van der Waals surface area (Å²) in [5, 5.41) is 12.1. The number of aliphatic carboxylic acids is 1. The second kappa shape index (κ2) is 5.88. The number of hydrogen-bond donors (Lipinski definition) is 2. The zero-order valence-electron chi connectivity index (χ0n) is 12.0. The highest BCUT2D eigenvalue weighted by atomic mass is 16.4. The minimum atomic E-state index is -0.741. The van der Waals surface area contributed by atoms with Gasteiger partial charge in [0.2, 0.25) is 5.91 Å². The highest BCUT2D eigenvalue weighted by Crippen LogP contribution is 2.32. The van der Waals surface area contributed by atoms with Crippen molar-refractivity contribution in [1.82, 2.24) is 5.32 Å². The van der Waals surface area contributed by atoms with Gasteiger partial charge in [-0.3, -0.25) is 9.59 Å². The van der Waals surface area contributed by atoms with E-state index in [2.05, 4.69) is 11.4 Å². The Morgan fingerprint density at radius 2 is 1.95 bits per heavy atom. The molecule has 1 saturated carbocycles. The fourth-order valence-electron chi connectivity index (χ4n) is 3.66. The zero-order chi connectivity index (χ0) is 14.8. The first-order valence-corrected chi connectivity index (χ1v) is 7.76. The number of carbonyl (C=O) groups excluding carboxylic acids is 1. The van der Waals surface area contributed by atoms with E-state index < -0.39 is 5.97 Å². The summed E-state index contributed by atoms with van der Waals surface area (Å²) in [7, 11) is 0. The molecule has 0 radical (unpaired) electrons. The van der Waals surface area contributed by atoms with Crippen LogP contribution >= 0.6 is 0 Å². The molecule has 3 rings (SSSR count). The third-order valence-corrected chi connectivity index (χ3v) is 4.81. The summed E-state index contributed by atoms with van der Waals surface area (Å²) < 4.78 is 0. The Balaban J connectivity index is 1.66. The van der Waals surface area contributed by atoms with E-state index in [1.807, 2.05) is 18.2 Å². The van der Waals surface area contributed by atoms with Gasteiger partial charge in [-0.25, -0.2) is 0 Å². The number of carboxylic acid groups (broad SMARTS) is 1. The number of fused-ring (bicyclic) bond motifs is 1. The van der Waals surface area contributed by atoms with Crippen LogP contribution in [0.3, 0.4) is 0 Å². The molecule has 1 aromatic carbocycles. The lowest BCUT2D eigenvalue weighted by atomic mass is 9.82. The molecule has 2 aliphatic rings. The smallest absolute Gasteiger partial charge is 0.306 e. The van der Waals surface area contributed by atoms with Crippen molar-refractivity contribution in [2.45, 2.75) is 50.5 Å². The van der Waals surface area contributed by atoms with Gasteiger partial charge in [0.1, 0.15) is 0 Å². The molecule has 2 N–H and O–H groups in total. The first-order chi connectivity index (χ1) is 10.1. The van der Waals surface area contributed by atoms with Gasteiger partial charge in [0.15, 0.2) is 0 Å². The maximum atomic E-state index is 12.5. The summed E-state index contributed by atoms with van der Waals surface area (Å²) in [6.45, 7) is 0. The van der Waals surface area contributed by atoms with E-state index in [-0.39, 0.29) is 23.8 Å². The van der Waals surface area contributed by atoms with Crippen molar-refractivity contribution < 1.29 is 14.7 Å². The van der Waals surface area contributed by atoms with E-state index in [1.54, 1.807) is 0 Å². The van der Waals surface area contributed by atoms with E-state index in [9.17, 15) is 9.59 Å². The molecular formula is C17H21NO3. The Bertz CT molecular complexity index is 555. The number of hydrogen-bond acceptors (Lipinski definition) is 2. The normalized spacial score (nSPS) is 27.9. The molecule has 3 atom stereocenters. The lowest BCUT2D eigenvalue weighted by Gasteiger charge is -2.26. The maximum Gasteiger partial charge on any atom is 0.306 e. The van der Waals surface area contributed by atoms with E-state index in [1.165, 1.54) is 5.56 Å². The van der Waals surface area contributed by atoms with Gasteiger partial charge in [-0.2, -0.15) is 0 Å². The van der Waals surface area contributed by atoms with Crippen LogP contribution in [-0.4, -0.2) is 23.0 Å². The number of amides is 1. The summed E-state index contributed by atoms with van der Waals surface area (Å²) in [5.41, 5.74) is 2.42. The van der Waals surface area contributed by atoms with Gasteiger partial charge in [-0.1, -0.05) is 24.3 Å². The van der Waals surface area contributed by atoms with Gasteiger partial charge >= 0.3 is 5.97 Å². The molecule has 0 heterocycles. The molecule has 112 valence electrons. The molecule has 4 nitrogen and oxygen atoms in total. The van der Waals surface area contributed by atoms with Crippen LogP contribution in [0.5, 0.6) is 0 Å². The second-order valence-corrected chi connectivity index (χ2v) is 6.20. The first kappa shape index (κ1) is 14.1. The van der Waals surface area contributed by atoms with E-state index >= 15 is 0 Å². The molecule has 4 heteroatoms. The molecule has 0 aromatic heterocycles. The van der Waals surface area contributed by atoms with Crippen molar-refractivity contribution in [2.24, 2.45) is 5.92 Å². The van der Waals surface area contributed by atoms with Crippen molar-refractivity contribution in [2.75, 3.05) is 0 Å². The molecule has 1 unspecified atom stereocenters. The lowest BCUT2D eigenvalue weighted by Crippen LogP contribution is -2.38. The van der Waals surface area contributed by atoms with Crippen LogP contribution in [0.1, 0.15) is 49.1 Å². The lowest BCUT2D eigenvalue weighted by molar-refractivity contribution is -0.141. The van der Waals surface area contributed by atoms with Crippen molar-refractivity contribution in [3.8, 4) is 0 Å². The molecule has 21 heavy (non-hydrogen) atoms. The van der Waals surface area contributed by atoms with E-state index in [0.717, 1.165) is 31.2 Å². The van der Waals surface area contributed by atoms with Gasteiger partial charge in [0, 0.05) is 6.04 Å². The van der Waals surface area contributed by atoms with Crippen LogP contribution in [0, 0.1) is 5.92 Å². The van der Waals surface area contributed by atoms with Gasteiger partial charge in [0.05, 0.1) is 11.8 Å². The number of nitrogens with one attached hydrogen (secondary N) is 1. The van der Waals surface area contributed by atoms with Crippen molar-refractivity contribution in [3.05, 3.63) is 35.4 Å². The van der Waals surface area contributed by atoms with Crippen molar-refractivity contribution in [1.29, 1.82) is 0 Å². The van der Waals surface area contributed by atoms with Crippen LogP contribution in [-0.2, 0) is 16.0 Å². The zero-order valence-corrected chi connectivity index (χ0v) is 12.0. The fraction of sp³-hybridized carbons (Fsp3) is 0.529. The largest absolute Gasteiger partial charge is 0.481 e. The van der Waals surface area contributed by atoms with Crippen LogP contribution in [0.25, 0.3) is 0 Å². The Morgan fingerprint density at radius 1 is 1.14 bits per heavy atom. The average Bonchev–Trinajstić information content (AvgIpc) is 2.95. The predicted molar refractivity (Wildman–Crippen MR) is 79.0 cm³/mol. The average molecular weight is 287 g/mol. The number of carboxylic acids is 1. The number of carbonyl (C=O) groups is 2. The Kier molecular flexibility index (Phi) is 3.95. The SMILES string of the molecule is O=C(N[C@@H]1CC[C@H](C(=O)O)C1)C1CCCc2ccccc21. The van der Waals surface area contributed by atoms with Gasteiger partial charge in [-0.05, 0) is 49.7 Å². The summed E-state index contributed by atoms with van der Waals surface area (Å²) >= 11 is 0. The number of benzene rings is 1. The highest BCUT2D eigenvalue weighted by molar-refractivity contribution is 5.84. The molecule has 0 bridgehead atoms. The van der Waals surface area contributed by atoms with Gasteiger partial charge in [0.25, 0.3) is 0 Å². The number of aryl methyl sites for hydroxylation is 1. The van der Waals surface area contributed by atoms with Crippen molar-refractivity contribution in [3.63, 3.8) is 0 Å². The first-order valence-electron chi connectivity index (χ1n) is 7.76. The fourth-order valence-corrected chi connectivity index (χ4v) is 3.66. The van der Waals surface area contributed by atoms with Gasteiger partial charge in [-0.15, -0.1) is 0 Å². The van der Waals surface area contributed by atoms with Crippen LogP contribution < -0.4 is 5.32 Å². The molecule has 1 fully saturated rings.